The number of nitrogens with zero attached hydrogens (tertiary/aromatic N) is 1. The van der Waals surface area contributed by atoms with Crippen LogP contribution >= 0.6 is 15.9 Å². The van der Waals surface area contributed by atoms with Gasteiger partial charge in [0.15, 0.2) is 0 Å². The van der Waals surface area contributed by atoms with E-state index in [0.717, 1.165) is 0 Å². The van der Waals surface area contributed by atoms with Crippen molar-refractivity contribution in [3.05, 3.63) is 58.3 Å². The van der Waals surface area contributed by atoms with E-state index in [-0.39, 0.29) is 11.3 Å². The molecule has 0 aromatic heterocycles. The van der Waals surface area contributed by atoms with Crippen LogP contribution in [0.15, 0.2) is 46.9 Å². The fraction of sp³-hybridized carbons (Fsp3) is 0.0714. The van der Waals surface area contributed by atoms with Crippen molar-refractivity contribution in [1.29, 1.82) is 0 Å². The number of carbonyl (C=O) groups excluding carboxylic acids is 1. The number of rotatable bonds is 2. The summed E-state index contributed by atoms with van der Waals surface area (Å²) < 4.78 is 13.8. The van der Waals surface area contributed by atoms with Gasteiger partial charge < -0.3 is 10.0 Å². The maximum Gasteiger partial charge on any atom is 0.261 e. The van der Waals surface area contributed by atoms with Gasteiger partial charge in [0.25, 0.3) is 5.91 Å². The molecule has 2 rings (SSSR count). The third kappa shape index (κ3) is 2.93. The molecular formula is C14H11BrFNO2. The molecule has 0 saturated heterocycles. The molecule has 0 radical (unpaired) electrons. The second-order valence-corrected chi connectivity index (χ2v) is 4.92. The van der Waals surface area contributed by atoms with Gasteiger partial charge in [-0.05, 0) is 36.4 Å². The number of phenolic OH excluding ortho intramolecular Hbond substituents is 1. The van der Waals surface area contributed by atoms with Crippen LogP contribution in [0.1, 0.15) is 10.4 Å². The normalized spacial score (nSPS) is 10.3. The van der Waals surface area contributed by atoms with Crippen molar-refractivity contribution >= 4 is 27.5 Å². The van der Waals surface area contributed by atoms with E-state index in [1.807, 2.05) is 0 Å². The molecule has 0 fully saturated rings. The first-order valence-corrected chi connectivity index (χ1v) is 6.30. The zero-order chi connectivity index (χ0) is 14.0. The lowest BCUT2D eigenvalue weighted by Crippen LogP contribution is -2.26. The van der Waals surface area contributed by atoms with E-state index >= 15 is 0 Å². The molecular weight excluding hydrogens is 313 g/mol. The third-order valence-electron chi connectivity index (χ3n) is 2.69. The molecule has 0 atom stereocenters. The number of aromatic hydroxyl groups is 1. The molecule has 0 heterocycles. The Morgan fingerprint density at radius 1 is 1.26 bits per heavy atom. The third-order valence-corrected chi connectivity index (χ3v) is 3.18. The van der Waals surface area contributed by atoms with E-state index in [1.165, 1.54) is 42.3 Å². The lowest BCUT2D eigenvalue weighted by Gasteiger charge is -2.18. The van der Waals surface area contributed by atoms with Crippen LogP contribution < -0.4 is 4.90 Å². The first kappa shape index (κ1) is 13.5. The highest BCUT2D eigenvalue weighted by Gasteiger charge is 2.17. The van der Waals surface area contributed by atoms with Crippen molar-refractivity contribution in [2.24, 2.45) is 0 Å². The van der Waals surface area contributed by atoms with Crippen molar-refractivity contribution in [1.82, 2.24) is 0 Å². The van der Waals surface area contributed by atoms with Crippen LogP contribution in [-0.2, 0) is 0 Å². The predicted octanol–water partition coefficient (Wildman–Crippen LogP) is 3.57. The Balaban J connectivity index is 2.36. The molecule has 0 saturated carbocycles. The average Bonchev–Trinajstić information content (AvgIpc) is 2.40. The van der Waals surface area contributed by atoms with Crippen molar-refractivity contribution in [3.8, 4) is 5.75 Å². The summed E-state index contributed by atoms with van der Waals surface area (Å²) in [5, 5.41) is 9.71. The van der Waals surface area contributed by atoms with Crippen LogP contribution in [0, 0.1) is 5.82 Å². The van der Waals surface area contributed by atoms with Crippen molar-refractivity contribution < 1.29 is 14.3 Å². The Kier molecular flexibility index (Phi) is 3.85. The van der Waals surface area contributed by atoms with E-state index in [2.05, 4.69) is 15.9 Å². The number of hydrogen-bond donors (Lipinski definition) is 1. The van der Waals surface area contributed by atoms with Gasteiger partial charge in [0.1, 0.15) is 11.6 Å². The van der Waals surface area contributed by atoms with Crippen LogP contribution in [0.4, 0.5) is 10.1 Å². The molecule has 5 heteroatoms. The second-order valence-electron chi connectivity index (χ2n) is 4.01. The Bertz CT molecular complexity index is 631. The van der Waals surface area contributed by atoms with Gasteiger partial charge >= 0.3 is 0 Å². The number of benzene rings is 2. The van der Waals surface area contributed by atoms with Gasteiger partial charge in [-0.2, -0.15) is 0 Å². The standard InChI is InChI=1S/C14H11BrFNO2/c1-17(11-4-2-3-10(16)8-11)14(19)12-7-9(15)5-6-13(12)18/h2-8,18H,1H3. The highest BCUT2D eigenvalue weighted by Crippen LogP contribution is 2.25. The molecule has 0 spiro atoms. The second kappa shape index (κ2) is 5.40. The minimum atomic E-state index is -0.421. The number of hydrogen-bond acceptors (Lipinski definition) is 2. The van der Waals surface area contributed by atoms with Crippen LogP contribution in [0.25, 0.3) is 0 Å². The van der Waals surface area contributed by atoms with Gasteiger partial charge in [-0.15, -0.1) is 0 Å². The van der Waals surface area contributed by atoms with Crippen molar-refractivity contribution in [2.45, 2.75) is 0 Å². The van der Waals surface area contributed by atoms with E-state index < -0.39 is 11.7 Å². The molecule has 2 aromatic carbocycles. The van der Waals surface area contributed by atoms with E-state index in [0.29, 0.717) is 10.2 Å². The number of halogens is 2. The van der Waals surface area contributed by atoms with Crippen molar-refractivity contribution in [3.63, 3.8) is 0 Å². The topological polar surface area (TPSA) is 40.5 Å². The minimum Gasteiger partial charge on any atom is -0.507 e. The number of carbonyl (C=O) groups is 1. The van der Waals surface area contributed by atoms with Crippen LogP contribution in [0.2, 0.25) is 0 Å². The highest BCUT2D eigenvalue weighted by atomic mass is 79.9. The summed E-state index contributed by atoms with van der Waals surface area (Å²) in [5.41, 5.74) is 0.575. The lowest BCUT2D eigenvalue weighted by atomic mass is 10.1. The molecule has 0 unspecified atom stereocenters. The zero-order valence-corrected chi connectivity index (χ0v) is 11.7. The van der Waals surface area contributed by atoms with Crippen LogP contribution in [-0.4, -0.2) is 18.1 Å². The largest absolute Gasteiger partial charge is 0.507 e. The quantitative estimate of drug-likeness (QED) is 0.917. The number of anilines is 1. The average molecular weight is 324 g/mol. The summed E-state index contributed by atoms with van der Waals surface area (Å²) in [5.74, 6) is -0.948. The Morgan fingerprint density at radius 3 is 2.68 bits per heavy atom. The molecule has 19 heavy (non-hydrogen) atoms. The van der Waals surface area contributed by atoms with Gasteiger partial charge in [0.2, 0.25) is 0 Å². The van der Waals surface area contributed by atoms with E-state index in [4.69, 9.17) is 0 Å². The number of amides is 1. The molecule has 0 aliphatic rings. The summed E-state index contributed by atoms with van der Waals surface area (Å²) in [6.07, 6.45) is 0. The monoisotopic (exact) mass is 323 g/mol. The maximum atomic E-state index is 13.1. The summed E-state index contributed by atoms with van der Waals surface area (Å²) >= 11 is 3.24. The molecule has 0 aliphatic heterocycles. The van der Waals surface area contributed by atoms with Crippen LogP contribution in [0.5, 0.6) is 5.75 Å². The fourth-order valence-corrected chi connectivity index (χ4v) is 2.02. The Hall–Kier alpha value is -1.88. The highest BCUT2D eigenvalue weighted by molar-refractivity contribution is 9.10. The summed E-state index contributed by atoms with van der Waals surface area (Å²) in [4.78, 5) is 13.5. The maximum absolute atomic E-state index is 13.1. The predicted molar refractivity (Wildman–Crippen MR) is 74.9 cm³/mol. The van der Waals surface area contributed by atoms with E-state index in [9.17, 15) is 14.3 Å². The van der Waals surface area contributed by atoms with Gasteiger partial charge in [-0.1, -0.05) is 22.0 Å². The lowest BCUT2D eigenvalue weighted by molar-refractivity contribution is 0.0990. The van der Waals surface area contributed by atoms with E-state index in [1.54, 1.807) is 12.1 Å². The summed E-state index contributed by atoms with van der Waals surface area (Å²) in [7, 11) is 1.53. The van der Waals surface area contributed by atoms with Gasteiger partial charge in [0.05, 0.1) is 5.56 Å². The van der Waals surface area contributed by atoms with Crippen molar-refractivity contribution in [2.75, 3.05) is 11.9 Å². The Labute approximate surface area is 118 Å². The first-order valence-electron chi connectivity index (χ1n) is 5.51. The molecule has 2 aromatic rings. The Morgan fingerprint density at radius 2 is 2.00 bits per heavy atom. The summed E-state index contributed by atoms with van der Waals surface area (Å²) in [6, 6.07) is 10.3. The smallest absolute Gasteiger partial charge is 0.261 e. The fourth-order valence-electron chi connectivity index (χ4n) is 1.66. The van der Waals surface area contributed by atoms with Gasteiger partial charge in [-0.3, -0.25) is 4.79 Å². The minimum absolute atomic E-state index is 0.114. The van der Waals surface area contributed by atoms with Gasteiger partial charge in [-0.25, -0.2) is 4.39 Å². The SMILES string of the molecule is CN(C(=O)c1cc(Br)ccc1O)c1cccc(F)c1. The van der Waals surface area contributed by atoms with Crippen LogP contribution in [0.3, 0.4) is 0 Å². The molecule has 0 bridgehead atoms. The molecule has 1 amide bonds. The molecule has 3 nitrogen and oxygen atoms in total. The molecule has 98 valence electrons. The molecule has 0 aliphatic carbocycles. The summed E-state index contributed by atoms with van der Waals surface area (Å²) in [6.45, 7) is 0. The number of phenols is 1. The molecule has 1 N–H and O–H groups in total. The van der Waals surface area contributed by atoms with Gasteiger partial charge in [0, 0.05) is 17.2 Å². The zero-order valence-electron chi connectivity index (χ0n) is 10.1. The first-order chi connectivity index (χ1) is 8.99.